The van der Waals surface area contributed by atoms with Gasteiger partial charge >= 0.3 is 0 Å². The quantitative estimate of drug-likeness (QED) is 0.798. The standard InChI is InChI=1S/C13H19FIN/c1-4-5-9(2)13(16-3)11-7-6-10(14)8-12(11)15/h6-9,13,16H,4-5H2,1-3H3. The maximum absolute atomic E-state index is 13.0. The second-order valence-electron chi connectivity index (χ2n) is 4.20. The van der Waals surface area contributed by atoms with Gasteiger partial charge in [0, 0.05) is 9.61 Å². The lowest BCUT2D eigenvalue weighted by Gasteiger charge is -2.24. The lowest BCUT2D eigenvalue weighted by atomic mass is 9.91. The number of hydrogen-bond donors (Lipinski definition) is 1. The summed E-state index contributed by atoms with van der Waals surface area (Å²) < 4.78 is 14.0. The van der Waals surface area contributed by atoms with Gasteiger partial charge in [-0.1, -0.05) is 26.3 Å². The highest BCUT2D eigenvalue weighted by Gasteiger charge is 2.19. The van der Waals surface area contributed by atoms with E-state index in [-0.39, 0.29) is 5.82 Å². The predicted molar refractivity (Wildman–Crippen MR) is 75.0 cm³/mol. The van der Waals surface area contributed by atoms with Crippen molar-refractivity contribution in [3.63, 3.8) is 0 Å². The average molecular weight is 335 g/mol. The number of nitrogens with one attached hydrogen (secondary N) is 1. The van der Waals surface area contributed by atoms with Gasteiger partial charge in [0.15, 0.2) is 0 Å². The van der Waals surface area contributed by atoms with E-state index in [9.17, 15) is 4.39 Å². The van der Waals surface area contributed by atoms with E-state index < -0.39 is 0 Å². The Morgan fingerprint density at radius 3 is 2.62 bits per heavy atom. The Balaban J connectivity index is 2.94. The molecule has 1 aromatic carbocycles. The first-order chi connectivity index (χ1) is 7.60. The van der Waals surface area contributed by atoms with Crippen LogP contribution in [0.15, 0.2) is 18.2 Å². The van der Waals surface area contributed by atoms with Gasteiger partial charge in [0.05, 0.1) is 0 Å². The Morgan fingerprint density at radius 1 is 1.44 bits per heavy atom. The second kappa shape index (κ2) is 6.55. The van der Waals surface area contributed by atoms with Crippen molar-refractivity contribution in [1.29, 1.82) is 0 Å². The molecule has 0 amide bonds. The molecule has 0 spiro atoms. The van der Waals surface area contributed by atoms with E-state index >= 15 is 0 Å². The van der Waals surface area contributed by atoms with E-state index in [1.165, 1.54) is 18.4 Å². The lowest BCUT2D eigenvalue weighted by molar-refractivity contribution is 0.382. The van der Waals surface area contributed by atoms with Crippen LogP contribution in [0.2, 0.25) is 0 Å². The van der Waals surface area contributed by atoms with E-state index in [1.54, 1.807) is 12.1 Å². The largest absolute Gasteiger partial charge is 0.313 e. The van der Waals surface area contributed by atoms with Crippen LogP contribution in [-0.4, -0.2) is 7.05 Å². The average Bonchev–Trinajstić information content (AvgIpc) is 2.22. The van der Waals surface area contributed by atoms with Crippen molar-refractivity contribution in [2.45, 2.75) is 32.7 Å². The summed E-state index contributed by atoms with van der Waals surface area (Å²) in [5.41, 5.74) is 1.20. The van der Waals surface area contributed by atoms with Crippen LogP contribution in [0.1, 0.15) is 38.3 Å². The highest BCUT2D eigenvalue weighted by Crippen LogP contribution is 2.29. The Labute approximate surface area is 111 Å². The predicted octanol–water partition coefficient (Wildman–Crippen LogP) is 4.13. The summed E-state index contributed by atoms with van der Waals surface area (Å²) in [6, 6.07) is 5.34. The van der Waals surface area contributed by atoms with Gasteiger partial charge in [0.1, 0.15) is 5.82 Å². The van der Waals surface area contributed by atoms with Crippen LogP contribution in [0.5, 0.6) is 0 Å². The molecule has 16 heavy (non-hydrogen) atoms. The molecule has 0 heterocycles. The molecule has 0 saturated carbocycles. The first-order valence-electron chi connectivity index (χ1n) is 5.72. The minimum atomic E-state index is -0.161. The minimum absolute atomic E-state index is 0.161. The Hall–Kier alpha value is -0.160. The van der Waals surface area contributed by atoms with E-state index in [0.717, 1.165) is 3.57 Å². The number of hydrogen-bond acceptors (Lipinski definition) is 1. The van der Waals surface area contributed by atoms with Crippen molar-refractivity contribution >= 4 is 22.6 Å². The molecule has 2 unspecified atom stereocenters. The Kier molecular flexibility index (Phi) is 5.69. The van der Waals surface area contributed by atoms with E-state index in [2.05, 4.69) is 41.8 Å². The molecule has 0 radical (unpaired) electrons. The van der Waals surface area contributed by atoms with Crippen molar-refractivity contribution in [1.82, 2.24) is 5.32 Å². The minimum Gasteiger partial charge on any atom is -0.313 e. The molecule has 0 aliphatic rings. The topological polar surface area (TPSA) is 12.0 Å². The van der Waals surface area contributed by atoms with Crippen LogP contribution < -0.4 is 5.32 Å². The highest BCUT2D eigenvalue weighted by molar-refractivity contribution is 14.1. The normalized spacial score (nSPS) is 14.8. The lowest BCUT2D eigenvalue weighted by Crippen LogP contribution is -2.24. The fraction of sp³-hybridized carbons (Fsp3) is 0.538. The zero-order valence-electron chi connectivity index (χ0n) is 10.1. The number of halogens is 2. The SMILES string of the molecule is CCCC(C)C(NC)c1ccc(F)cc1I. The van der Waals surface area contributed by atoms with Gasteiger partial charge in [-0.2, -0.15) is 0 Å². The van der Waals surface area contributed by atoms with Crippen molar-refractivity contribution in [2.75, 3.05) is 7.05 Å². The van der Waals surface area contributed by atoms with Crippen molar-refractivity contribution in [3.05, 3.63) is 33.1 Å². The van der Waals surface area contributed by atoms with Crippen LogP contribution in [0, 0.1) is 15.3 Å². The molecule has 1 nitrogen and oxygen atoms in total. The molecule has 0 bridgehead atoms. The summed E-state index contributed by atoms with van der Waals surface area (Å²) >= 11 is 2.21. The third-order valence-electron chi connectivity index (χ3n) is 2.92. The molecule has 0 aliphatic carbocycles. The van der Waals surface area contributed by atoms with E-state index in [0.29, 0.717) is 12.0 Å². The number of rotatable bonds is 5. The molecule has 1 N–H and O–H groups in total. The summed E-state index contributed by atoms with van der Waals surface area (Å²) in [6.07, 6.45) is 2.36. The maximum atomic E-state index is 13.0. The molecule has 0 aromatic heterocycles. The molecular formula is C13H19FIN. The third kappa shape index (κ3) is 3.42. The van der Waals surface area contributed by atoms with Crippen molar-refractivity contribution in [2.24, 2.45) is 5.92 Å². The molecule has 1 rings (SSSR count). The van der Waals surface area contributed by atoms with Gasteiger partial charge in [0.25, 0.3) is 0 Å². The molecule has 3 heteroatoms. The summed E-state index contributed by atoms with van der Waals surface area (Å²) in [6.45, 7) is 4.43. The molecular weight excluding hydrogens is 316 g/mol. The van der Waals surface area contributed by atoms with E-state index in [1.807, 2.05) is 13.1 Å². The summed E-state index contributed by atoms with van der Waals surface area (Å²) in [7, 11) is 1.97. The van der Waals surface area contributed by atoms with Gasteiger partial charge in [-0.15, -0.1) is 0 Å². The van der Waals surface area contributed by atoms with Crippen LogP contribution in [0.3, 0.4) is 0 Å². The van der Waals surface area contributed by atoms with Gasteiger partial charge in [-0.05, 0) is 59.7 Å². The fourth-order valence-corrected chi connectivity index (χ4v) is 2.94. The van der Waals surface area contributed by atoms with Crippen molar-refractivity contribution < 1.29 is 4.39 Å². The van der Waals surface area contributed by atoms with E-state index in [4.69, 9.17) is 0 Å². The first-order valence-corrected chi connectivity index (χ1v) is 6.80. The first kappa shape index (κ1) is 13.9. The Bertz CT molecular complexity index is 341. The fourth-order valence-electron chi connectivity index (χ4n) is 2.12. The monoisotopic (exact) mass is 335 g/mol. The molecule has 1 aromatic rings. The van der Waals surface area contributed by atoms with Crippen LogP contribution in [0.25, 0.3) is 0 Å². The molecule has 0 aliphatic heterocycles. The zero-order valence-corrected chi connectivity index (χ0v) is 12.2. The van der Waals surface area contributed by atoms with Crippen LogP contribution >= 0.6 is 22.6 Å². The molecule has 0 saturated heterocycles. The van der Waals surface area contributed by atoms with Gasteiger partial charge < -0.3 is 5.32 Å². The molecule has 90 valence electrons. The summed E-state index contributed by atoms with van der Waals surface area (Å²) in [5, 5.41) is 3.34. The van der Waals surface area contributed by atoms with Crippen molar-refractivity contribution in [3.8, 4) is 0 Å². The van der Waals surface area contributed by atoms with Gasteiger partial charge in [-0.3, -0.25) is 0 Å². The summed E-state index contributed by atoms with van der Waals surface area (Å²) in [5.74, 6) is 0.403. The zero-order chi connectivity index (χ0) is 12.1. The highest BCUT2D eigenvalue weighted by atomic mass is 127. The van der Waals surface area contributed by atoms with Crippen LogP contribution in [-0.2, 0) is 0 Å². The molecule has 0 fully saturated rings. The second-order valence-corrected chi connectivity index (χ2v) is 5.36. The summed E-state index contributed by atoms with van der Waals surface area (Å²) in [4.78, 5) is 0. The Morgan fingerprint density at radius 2 is 2.12 bits per heavy atom. The van der Waals surface area contributed by atoms with Gasteiger partial charge in [0.2, 0.25) is 0 Å². The van der Waals surface area contributed by atoms with Crippen LogP contribution in [0.4, 0.5) is 4.39 Å². The molecule has 2 atom stereocenters. The third-order valence-corrected chi connectivity index (χ3v) is 3.86. The maximum Gasteiger partial charge on any atom is 0.124 e. The van der Waals surface area contributed by atoms with Gasteiger partial charge in [-0.25, -0.2) is 4.39 Å². The number of benzene rings is 1. The smallest absolute Gasteiger partial charge is 0.124 e.